The first kappa shape index (κ1) is 15.8. The molecule has 0 saturated carbocycles. The Morgan fingerprint density at radius 3 is 3.09 bits per heavy atom. The van der Waals surface area contributed by atoms with Crippen LogP contribution in [0.3, 0.4) is 0 Å². The van der Waals surface area contributed by atoms with Crippen molar-refractivity contribution >= 4 is 5.97 Å². The van der Waals surface area contributed by atoms with Gasteiger partial charge in [-0.3, -0.25) is 4.79 Å². The van der Waals surface area contributed by atoms with Crippen LogP contribution < -0.4 is 0 Å². The second-order valence-corrected chi connectivity index (χ2v) is 4.96. The number of allylic oxidation sites excluding steroid dienone is 2. The molecule has 2 heterocycles. The van der Waals surface area contributed by atoms with Gasteiger partial charge in [-0.1, -0.05) is 25.7 Å². The molecule has 3 atom stereocenters. The van der Waals surface area contributed by atoms with Gasteiger partial charge in [0, 0.05) is 12.2 Å². The number of esters is 1. The molecule has 1 spiro atoms. The van der Waals surface area contributed by atoms with Crippen LogP contribution in [-0.4, -0.2) is 17.9 Å². The van der Waals surface area contributed by atoms with Crippen molar-refractivity contribution in [2.24, 2.45) is 5.92 Å². The third-order valence-corrected chi connectivity index (χ3v) is 3.39. The molecule has 3 unspecified atom stereocenters. The second kappa shape index (κ2) is 6.91. The first-order chi connectivity index (χ1) is 10.6. The highest BCUT2D eigenvalue weighted by molar-refractivity contribution is 5.72. The van der Waals surface area contributed by atoms with Gasteiger partial charge in [-0.25, -0.2) is 0 Å². The average Bonchev–Trinajstić information content (AvgIpc) is 3.11. The number of hydrogen-bond donors (Lipinski definition) is 0. The molecule has 0 saturated heterocycles. The summed E-state index contributed by atoms with van der Waals surface area (Å²) in [6, 6.07) is 0. The minimum atomic E-state index is -1.12. The highest BCUT2D eigenvalue weighted by atomic mass is 16.7. The summed E-state index contributed by atoms with van der Waals surface area (Å²) in [5.74, 6) is 9.75. The fourth-order valence-corrected chi connectivity index (χ4v) is 1.90. The van der Waals surface area contributed by atoms with Gasteiger partial charge < -0.3 is 14.2 Å². The van der Waals surface area contributed by atoms with Gasteiger partial charge in [0.2, 0.25) is 6.10 Å². The molecule has 0 radical (unpaired) electrons. The largest absolute Gasteiger partial charge is 0.453 e. The molecular weight excluding hydrogens is 280 g/mol. The third kappa shape index (κ3) is 3.35. The lowest BCUT2D eigenvalue weighted by Gasteiger charge is -2.28. The van der Waals surface area contributed by atoms with Crippen LogP contribution in [-0.2, 0) is 19.0 Å². The van der Waals surface area contributed by atoms with Gasteiger partial charge in [0.15, 0.2) is 0 Å². The number of carbonyl (C=O) groups is 1. The Morgan fingerprint density at radius 2 is 2.36 bits per heavy atom. The summed E-state index contributed by atoms with van der Waals surface area (Å²) in [5.41, 5.74) is 0. The molecule has 4 heteroatoms. The maximum absolute atomic E-state index is 12.0. The Kier molecular flexibility index (Phi) is 4.96. The summed E-state index contributed by atoms with van der Waals surface area (Å²) in [7, 11) is 0. The molecule has 22 heavy (non-hydrogen) atoms. The monoisotopic (exact) mass is 298 g/mol. The molecule has 0 bridgehead atoms. The number of hydrogen-bond acceptors (Lipinski definition) is 4. The van der Waals surface area contributed by atoms with Gasteiger partial charge in [-0.15, -0.1) is 0 Å². The Balaban J connectivity index is 2.06. The van der Waals surface area contributed by atoms with E-state index >= 15 is 0 Å². The molecule has 0 aromatic heterocycles. The molecule has 0 aromatic carbocycles. The standard InChI is InChI=1S/C18H18O4/c1-4-6-7-8-9-15-10-12-18(22-15)16(11-13-20-18)21-17(19)14(3)5-2/h9-14,16H,5H2,1-3H3. The van der Waals surface area contributed by atoms with E-state index in [-0.39, 0.29) is 11.9 Å². The molecular formula is C18H18O4. The van der Waals surface area contributed by atoms with Crippen LogP contribution in [0.25, 0.3) is 0 Å². The van der Waals surface area contributed by atoms with Gasteiger partial charge in [-0.05, 0) is 37.3 Å². The van der Waals surface area contributed by atoms with Crippen molar-refractivity contribution < 1.29 is 19.0 Å². The molecule has 0 N–H and O–H groups in total. The zero-order valence-electron chi connectivity index (χ0n) is 12.9. The summed E-state index contributed by atoms with van der Waals surface area (Å²) in [6.07, 6.45) is 8.33. The zero-order chi connectivity index (χ0) is 16.0. The molecule has 2 rings (SSSR count). The molecule has 2 aliphatic rings. The van der Waals surface area contributed by atoms with E-state index in [4.69, 9.17) is 14.2 Å². The fraction of sp³-hybridized carbons (Fsp3) is 0.389. The van der Waals surface area contributed by atoms with Gasteiger partial charge in [0.05, 0.1) is 12.2 Å². The van der Waals surface area contributed by atoms with Crippen LogP contribution in [0.15, 0.2) is 36.3 Å². The van der Waals surface area contributed by atoms with E-state index in [2.05, 4.69) is 23.7 Å². The highest BCUT2D eigenvalue weighted by Gasteiger charge is 2.48. The summed E-state index contributed by atoms with van der Waals surface area (Å²) >= 11 is 0. The molecule has 2 aliphatic heterocycles. The van der Waals surface area contributed by atoms with Gasteiger partial charge in [-0.2, -0.15) is 0 Å². The fourth-order valence-electron chi connectivity index (χ4n) is 1.90. The second-order valence-electron chi connectivity index (χ2n) is 4.96. The Morgan fingerprint density at radius 1 is 1.55 bits per heavy atom. The lowest BCUT2D eigenvalue weighted by molar-refractivity contribution is -0.193. The minimum absolute atomic E-state index is 0.162. The highest BCUT2D eigenvalue weighted by Crippen LogP contribution is 2.36. The predicted molar refractivity (Wildman–Crippen MR) is 81.8 cm³/mol. The van der Waals surface area contributed by atoms with Crippen molar-refractivity contribution in [3.05, 3.63) is 36.3 Å². The summed E-state index contributed by atoms with van der Waals surface area (Å²) in [5, 5.41) is 0. The predicted octanol–water partition coefficient (Wildman–Crippen LogP) is 2.68. The van der Waals surface area contributed by atoms with Crippen molar-refractivity contribution in [1.82, 2.24) is 0 Å². The van der Waals surface area contributed by atoms with Crippen molar-refractivity contribution in [3.63, 3.8) is 0 Å². The van der Waals surface area contributed by atoms with E-state index in [0.29, 0.717) is 5.76 Å². The molecule has 0 aromatic rings. The first-order valence-corrected chi connectivity index (χ1v) is 7.17. The van der Waals surface area contributed by atoms with Crippen LogP contribution in [0.4, 0.5) is 0 Å². The van der Waals surface area contributed by atoms with Crippen LogP contribution in [0.2, 0.25) is 0 Å². The van der Waals surface area contributed by atoms with Gasteiger partial charge in [0.25, 0.3) is 0 Å². The summed E-state index contributed by atoms with van der Waals surface area (Å²) in [6.45, 7) is 5.49. The number of carbonyl (C=O) groups excluding carboxylic acids is 1. The number of ether oxygens (including phenoxy) is 3. The lowest BCUT2D eigenvalue weighted by Crippen LogP contribution is -2.41. The van der Waals surface area contributed by atoms with E-state index in [1.165, 1.54) is 6.26 Å². The minimum Gasteiger partial charge on any atom is -0.453 e. The van der Waals surface area contributed by atoms with E-state index in [1.54, 1.807) is 31.2 Å². The van der Waals surface area contributed by atoms with Crippen molar-refractivity contribution in [2.45, 2.75) is 39.1 Å². The van der Waals surface area contributed by atoms with Gasteiger partial charge in [0.1, 0.15) is 5.76 Å². The molecule has 0 amide bonds. The molecule has 114 valence electrons. The Labute approximate surface area is 130 Å². The van der Waals surface area contributed by atoms with E-state index in [0.717, 1.165) is 6.42 Å². The van der Waals surface area contributed by atoms with Gasteiger partial charge >= 0.3 is 11.8 Å². The normalized spacial score (nSPS) is 27.4. The number of rotatable bonds is 3. The average molecular weight is 298 g/mol. The molecule has 0 aliphatic carbocycles. The van der Waals surface area contributed by atoms with Crippen LogP contribution >= 0.6 is 0 Å². The van der Waals surface area contributed by atoms with Crippen LogP contribution in [0, 0.1) is 29.6 Å². The third-order valence-electron chi connectivity index (χ3n) is 3.39. The summed E-state index contributed by atoms with van der Waals surface area (Å²) in [4.78, 5) is 12.0. The van der Waals surface area contributed by atoms with E-state index in [9.17, 15) is 4.79 Å². The Hall–Kier alpha value is -2.59. The van der Waals surface area contributed by atoms with Crippen molar-refractivity contribution in [1.29, 1.82) is 0 Å². The maximum atomic E-state index is 12.0. The smallest absolute Gasteiger partial charge is 0.312 e. The van der Waals surface area contributed by atoms with Crippen molar-refractivity contribution in [3.8, 4) is 23.7 Å². The van der Waals surface area contributed by atoms with Crippen molar-refractivity contribution in [2.75, 3.05) is 0 Å². The van der Waals surface area contributed by atoms with E-state index < -0.39 is 11.9 Å². The Bertz CT molecular complexity index is 648. The summed E-state index contributed by atoms with van der Waals surface area (Å²) < 4.78 is 16.7. The molecule has 4 nitrogen and oxygen atoms in total. The van der Waals surface area contributed by atoms with Crippen LogP contribution in [0.5, 0.6) is 0 Å². The van der Waals surface area contributed by atoms with E-state index in [1.807, 2.05) is 13.8 Å². The quantitative estimate of drug-likeness (QED) is 0.593. The SMILES string of the molecule is CC#CC#CC=C1C=CC2(OC=CC2OC(=O)C(C)CC)O1. The maximum Gasteiger partial charge on any atom is 0.312 e. The first-order valence-electron chi connectivity index (χ1n) is 7.17. The lowest BCUT2D eigenvalue weighted by atomic mass is 10.1. The topological polar surface area (TPSA) is 44.8 Å². The molecule has 0 fully saturated rings. The van der Waals surface area contributed by atoms with Crippen LogP contribution in [0.1, 0.15) is 27.2 Å². The zero-order valence-corrected chi connectivity index (χ0v) is 12.9.